The van der Waals surface area contributed by atoms with Crippen LogP contribution < -0.4 is 5.32 Å². The van der Waals surface area contributed by atoms with Crippen LogP contribution in [-0.2, 0) is 6.42 Å². The van der Waals surface area contributed by atoms with Gasteiger partial charge in [0.15, 0.2) is 0 Å². The SMILES string of the molecule is Fc1ccccc1CCNC1CC(c2ccccc2)C1. The van der Waals surface area contributed by atoms with Gasteiger partial charge in [-0.2, -0.15) is 0 Å². The van der Waals surface area contributed by atoms with Crippen LogP contribution in [0.5, 0.6) is 0 Å². The number of rotatable bonds is 5. The maximum atomic E-state index is 13.5. The van der Waals surface area contributed by atoms with Crippen molar-refractivity contribution in [3.63, 3.8) is 0 Å². The van der Waals surface area contributed by atoms with Crippen LogP contribution in [0.25, 0.3) is 0 Å². The molecule has 0 aromatic heterocycles. The second-order valence-electron chi connectivity index (χ2n) is 5.57. The van der Waals surface area contributed by atoms with E-state index in [1.54, 1.807) is 6.07 Å². The molecule has 0 amide bonds. The van der Waals surface area contributed by atoms with E-state index in [1.165, 1.54) is 24.5 Å². The van der Waals surface area contributed by atoms with E-state index < -0.39 is 0 Å². The molecule has 1 saturated carbocycles. The van der Waals surface area contributed by atoms with Crippen LogP contribution in [0.1, 0.15) is 29.9 Å². The van der Waals surface area contributed by atoms with Crippen molar-refractivity contribution in [1.29, 1.82) is 0 Å². The summed E-state index contributed by atoms with van der Waals surface area (Å²) in [6, 6.07) is 18.3. The first kappa shape index (κ1) is 13.3. The topological polar surface area (TPSA) is 12.0 Å². The van der Waals surface area contributed by atoms with Gasteiger partial charge in [-0.15, -0.1) is 0 Å². The third-order valence-corrected chi connectivity index (χ3v) is 4.19. The summed E-state index contributed by atoms with van der Waals surface area (Å²) >= 11 is 0. The van der Waals surface area contributed by atoms with Gasteiger partial charge in [-0.1, -0.05) is 48.5 Å². The van der Waals surface area contributed by atoms with Gasteiger partial charge in [0.05, 0.1) is 0 Å². The van der Waals surface area contributed by atoms with E-state index in [9.17, 15) is 4.39 Å². The van der Waals surface area contributed by atoms with Crippen molar-refractivity contribution in [2.24, 2.45) is 0 Å². The van der Waals surface area contributed by atoms with Crippen molar-refractivity contribution >= 4 is 0 Å². The van der Waals surface area contributed by atoms with Gasteiger partial charge in [0.2, 0.25) is 0 Å². The van der Waals surface area contributed by atoms with E-state index in [1.807, 2.05) is 12.1 Å². The second kappa shape index (κ2) is 6.19. The summed E-state index contributed by atoms with van der Waals surface area (Å²) in [4.78, 5) is 0. The Kier molecular flexibility index (Phi) is 4.12. The summed E-state index contributed by atoms with van der Waals surface area (Å²) in [6.07, 6.45) is 3.15. The Labute approximate surface area is 119 Å². The predicted molar refractivity (Wildman–Crippen MR) is 80.3 cm³/mol. The zero-order valence-corrected chi connectivity index (χ0v) is 11.6. The monoisotopic (exact) mass is 269 g/mol. The van der Waals surface area contributed by atoms with E-state index in [0.29, 0.717) is 12.0 Å². The summed E-state index contributed by atoms with van der Waals surface area (Å²) in [7, 11) is 0. The Hall–Kier alpha value is -1.67. The normalized spacial score (nSPS) is 21.4. The first-order chi connectivity index (χ1) is 9.83. The molecule has 2 heteroatoms. The van der Waals surface area contributed by atoms with Crippen molar-refractivity contribution in [1.82, 2.24) is 5.32 Å². The molecule has 0 radical (unpaired) electrons. The van der Waals surface area contributed by atoms with Gasteiger partial charge in [-0.05, 0) is 48.9 Å². The molecular weight excluding hydrogens is 249 g/mol. The van der Waals surface area contributed by atoms with Gasteiger partial charge in [0, 0.05) is 6.04 Å². The molecule has 0 unspecified atom stereocenters. The van der Waals surface area contributed by atoms with Crippen LogP contribution in [-0.4, -0.2) is 12.6 Å². The summed E-state index contributed by atoms with van der Waals surface area (Å²) in [5.74, 6) is 0.604. The highest BCUT2D eigenvalue weighted by Gasteiger charge is 2.29. The van der Waals surface area contributed by atoms with Gasteiger partial charge in [0.1, 0.15) is 5.82 Å². The van der Waals surface area contributed by atoms with Crippen molar-refractivity contribution < 1.29 is 4.39 Å². The van der Waals surface area contributed by atoms with Crippen LogP contribution >= 0.6 is 0 Å². The van der Waals surface area contributed by atoms with Crippen molar-refractivity contribution in [2.45, 2.75) is 31.2 Å². The van der Waals surface area contributed by atoms with Crippen LogP contribution in [0.4, 0.5) is 4.39 Å². The Morgan fingerprint density at radius 2 is 1.65 bits per heavy atom. The van der Waals surface area contributed by atoms with Gasteiger partial charge in [-0.25, -0.2) is 4.39 Å². The zero-order chi connectivity index (χ0) is 13.8. The number of halogens is 1. The third kappa shape index (κ3) is 3.07. The number of hydrogen-bond acceptors (Lipinski definition) is 1. The molecule has 2 aromatic rings. The van der Waals surface area contributed by atoms with E-state index >= 15 is 0 Å². The lowest BCUT2D eigenvalue weighted by atomic mass is 9.76. The average molecular weight is 269 g/mol. The largest absolute Gasteiger partial charge is 0.314 e. The number of benzene rings is 2. The summed E-state index contributed by atoms with van der Waals surface area (Å²) in [6.45, 7) is 0.854. The Balaban J connectivity index is 1.41. The van der Waals surface area contributed by atoms with Crippen LogP contribution in [0.3, 0.4) is 0 Å². The minimum atomic E-state index is -0.0925. The Morgan fingerprint density at radius 1 is 0.950 bits per heavy atom. The highest BCUT2D eigenvalue weighted by atomic mass is 19.1. The summed E-state index contributed by atoms with van der Waals surface area (Å²) in [5.41, 5.74) is 2.25. The second-order valence-corrected chi connectivity index (χ2v) is 5.57. The fraction of sp³-hybridized carbons (Fsp3) is 0.333. The molecule has 1 aliphatic carbocycles. The molecule has 0 atom stereocenters. The molecule has 2 aromatic carbocycles. The lowest BCUT2D eigenvalue weighted by Crippen LogP contribution is -2.41. The Morgan fingerprint density at radius 3 is 2.40 bits per heavy atom. The van der Waals surface area contributed by atoms with Crippen molar-refractivity contribution in [3.8, 4) is 0 Å². The molecule has 3 rings (SSSR count). The highest BCUT2D eigenvalue weighted by molar-refractivity contribution is 5.23. The molecule has 0 bridgehead atoms. The quantitative estimate of drug-likeness (QED) is 0.868. The fourth-order valence-electron chi connectivity index (χ4n) is 2.89. The number of hydrogen-bond donors (Lipinski definition) is 1. The van der Waals surface area contributed by atoms with E-state index in [-0.39, 0.29) is 5.82 Å². The molecule has 0 spiro atoms. The zero-order valence-electron chi connectivity index (χ0n) is 11.6. The van der Waals surface area contributed by atoms with Crippen molar-refractivity contribution in [3.05, 3.63) is 71.5 Å². The highest BCUT2D eigenvalue weighted by Crippen LogP contribution is 2.36. The molecule has 20 heavy (non-hydrogen) atoms. The maximum Gasteiger partial charge on any atom is 0.126 e. The van der Waals surface area contributed by atoms with Gasteiger partial charge >= 0.3 is 0 Å². The molecule has 1 nitrogen and oxygen atoms in total. The van der Waals surface area contributed by atoms with Gasteiger partial charge < -0.3 is 5.32 Å². The van der Waals surface area contributed by atoms with Crippen molar-refractivity contribution in [2.75, 3.05) is 6.54 Å². The molecule has 1 fully saturated rings. The van der Waals surface area contributed by atoms with Crippen LogP contribution in [0.2, 0.25) is 0 Å². The van der Waals surface area contributed by atoms with Crippen LogP contribution in [0.15, 0.2) is 54.6 Å². The fourth-order valence-corrected chi connectivity index (χ4v) is 2.89. The molecule has 1 N–H and O–H groups in total. The first-order valence-corrected chi connectivity index (χ1v) is 7.34. The van der Waals surface area contributed by atoms with Gasteiger partial charge in [0.25, 0.3) is 0 Å². The molecule has 104 valence electrons. The first-order valence-electron chi connectivity index (χ1n) is 7.34. The van der Waals surface area contributed by atoms with E-state index in [4.69, 9.17) is 0 Å². The van der Waals surface area contributed by atoms with E-state index in [0.717, 1.165) is 18.5 Å². The van der Waals surface area contributed by atoms with Crippen LogP contribution in [0, 0.1) is 5.82 Å². The van der Waals surface area contributed by atoms with Gasteiger partial charge in [-0.3, -0.25) is 0 Å². The standard InChI is InChI=1S/C18H20FN/c19-18-9-5-4-8-15(18)10-11-20-17-12-16(13-17)14-6-2-1-3-7-14/h1-9,16-17,20H,10-13H2. The lowest BCUT2D eigenvalue weighted by Gasteiger charge is -2.36. The predicted octanol–water partition coefficient (Wildman–Crippen LogP) is 3.90. The summed E-state index contributed by atoms with van der Waals surface area (Å²) < 4.78 is 13.5. The molecule has 0 aliphatic heterocycles. The molecule has 0 heterocycles. The smallest absolute Gasteiger partial charge is 0.126 e. The Bertz CT molecular complexity index is 546. The molecule has 1 aliphatic rings. The molecule has 0 saturated heterocycles. The maximum absolute atomic E-state index is 13.5. The van der Waals surface area contributed by atoms with E-state index in [2.05, 4.69) is 35.6 Å². The lowest BCUT2D eigenvalue weighted by molar-refractivity contribution is 0.292. The minimum absolute atomic E-state index is 0.0925. The third-order valence-electron chi connectivity index (χ3n) is 4.19. The number of nitrogens with one attached hydrogen (secondary N) is 1. The molecular formula is C18H20FN. The minimum Gasteiger partial charge on any atom is -0.314 e. The summed E-state index contributed by atoms with van der Waals surface area (Å²) in [5, 5.41) is 3.53. The average Bonchev–Trinajstić information content (AvgIpc) is 2.44.